The summed E-state index contributed by atoms with van der Waals surface area (Å²) in [5, 5.41) is 0. The lowest BCUT2D eigenvalue weighted by Crippen LogP contribution is -2.45. The highest BCUT2D eigenvalue weighted by molar-refractivity contribution is 5.24. The van der Waals surface area contributed by atoms with Gasteiger partial charge in [0.25, 0.3) is 0 Å². The Hall–Kier alpha value is -0.820. The molecule has 0 unspecified atom stereocenters. The van der Waals surface area contributed by atoms with Crippen LogP contribution in [-0.4, -0.2) is 5.54 Å². The van der Waals surface area contributed by atoms with Gasteiger partial charge in [-0.15, -0.1) is 0 Å². The van der Waals surface area contributed by atoms with Gasteiger partial charge in [-0.2, -0.15) is 0 Å². The van der Waals surface area contributed by atoms with Crippen molar-refractivity contribution in [3.05, 3.63) is 35.4 Å². The Morgan fingerprint density at radius 2 is 2.00 bits per heavy atom. The second kappa shape index (κ2) is 6.56. The van der Waals surface area contributed by atoms with Crippen molar-refractivity contribution in [3.8, 4) is 0 Å². The van der Waals surface area contributed by atoms with Gasteiger partial charge >= 0.3 is 0 Å². The van der Waals surface area contributed by atoms with E-state index in [1.165, 1.54) is 56.1 Å². The maximum absolute atomic E-state index is 6.63. The van der Waals surface area contributed by atoms with Crippen LogP contribution in [0.3, 0.4) is 0 Å². The van der Waals surface area contributed by atoms with Crippen LogP contribution < -0.4 is 5.73 Å². The van der Waals surface area contributed by atoms with Crippen molar-refractivity contribution >= 4 is 0 Å². The molecule has 1 aliphatic carbocycles. The molecule has 1 heteroatoms. The Morgan fingerprint density at radius 1 is 1.26 bits per heavy atom. The second-order valence-corrected chi connectivity index (χ2v) is 6.61. The van der Waals surface area contributed by atoms with E-state index in [0.717, 1.165) is 12.3 Å². The number of hydrogen-bond acceptors (Lipinski definition) is 1. The Labute approximate surface area is 118 Å². The molecule has 1 saturated carbocycles. The summed E-state index contributed by atoms with van der Waals surface area (Å²) in [6.45, 7) is 4.45. The number of unbranched alkanes of at least 4 members (excludes halogenated alkanes) is 1. The van der Waals surface area contributed by atoms with Gasteiger partial charge in [-0.1, -0.05) is 56.0 Å². The molecule has 0 bridgehead atoms. The predicted molar refractivity (Wildman–Crippen MR) is 83.3 cm³/mol. The first-order chi connectivity index (χ1) is 9.11. The molecule has 1 aliphatic rings. The van der Waals surface area contributed by atoms with Gasteiger partial charge < -0.3 is 5.73 Å². The summed E-state index contributed by atoms with van der Waals surface area (Å²) in [5.41, 5.74) is 9.44. The van der Waals surface area contributed by atoms with Crippen molar-refractivity contribution in [1.29, 1.82) is 0 Å². The van der Waals surface area contributed by atoms with Gasteiger partial charge in [0.05, 0.1) is 0 Å². The number of rotatable bonds is 5. The van der Waals surface area contributed by atoms with Gasteiger partial charge in [0.2, 0.25) is 0 Å². The Kier molecular flexibility index (Phi) is 5.04. The third-order valence-electron chi connectivity index (χ3n) is 4.71. The van der Waals surface area contributed by atoms with E-state index in [0.29, 0.717) is 0 Å². The number of hydrogen-bond donors (Lipinski definition) is 1. The van der Waals surface area contributed by atoms with Crippen LogP contribution in [0.2, 0.25) is 0 Å². The van der Waals surface area contributed by atoms with Gasteiger partial charge in [-0.25, -0.2) is 0 Å². The average molecular weight is 259 g/mol. The van der Waals surface area contributed by atoms with Crippen LogP contribution in [0.15, 0.2) is 24.3 Å². The first kappa shape index (κ1) is 14.6. The zero-order valence-electron chi connectivity index (χ0n) is 12.6. The monoisotopic (exact) mass is 259 g/mol. The quantitative estimate of drug-likeness (QED) is 0.820. The van der Waals surface area contributed by atoms with Gasteiger partial charge in [0, 0.05) is 5.54 Å². The van der Waals surface area contributed by atoms with E-state index >= 15 is 0 Å². The second-order valence-electron chi connectivity index (χ2n) is 6.61. The van der Waals surface area contributed by atoms with Gasteiger partial charge in [0.1, 0.15) is 0 Å². The molecule has 1 fully saturated rings. The lowest BCUT2D eigenvalue weighted by atomic mass is 9.73. The topological polar surface area (TPSA) is 26.0 Å². The van der Waals surface area contributed by atoms with Crippen molar-refractivity contribution in [2.75, 3.05) is 0 Å². The number of benzene rings is 1. The van der Waals surface area contributed by atoms with Gasteiger partial charge in [0.15, 0.2) is 0 Å². The molecule has 0 aromatic heterocycles. The highest BCUT2D eigenvalue weighted by Crippen LogP contribution is 2.35. The van der Waals surface area contributed by atoms with Crippen LogP contribution in [0, 0.1) is 12.8 Å². The standard InChI is InChI=1S/C18H29N/c1-3-4-7-16-9-11-18(19,12-10-16)14-17-8-5-6-15(2)13-17/h5-6,8,13,16H,3-4,7,9-12,14,19H2,1-2H3. The lowest BCUT2D eigenvalue weighted by molar-refractivity contribution is 0.221. The van der Waals surface area contributed by atoms with Gasteiger partial charge in [-0.05, 0) is 50.5 Å². The van der Waals surface area contributed by atoms with Crippen LogP contribution in [0.5, 0.6) is 0 Å². The molecule has 1 aromatic carbocycles. The minimum Gasteiger partial charge on any atom is -0.325 e. The molecule has 2 N–H and O–H groups in total. The number of aryl methyl sites for hydroxylation is 1. The van der Waals surface area contributed by atoms with E-state index in [9.17, 15) is 0 Å². The summed E-state index contributed by atoms with van der Waals surface area (Å²) in [4.78, 5) is 0. The Bertz CT molecular complexity index is 388. The van der Waals surface area contributed by atoms with E-state index in [4.69, 9.17) is 5.73 Å². The van der Waals surface area contributed by atoms with Crippen LogP contribution in [0.4, 0.5) is 0 Å². The maximum Gasteiger partial charge on any atom is 0.0195 e. The van der Waals surface area contributed by atoms with Crippen LogP contribution in [-0.2, 0) is 6.42 Å². The summed E-state index contributed by atoms with van der Waals surface area (Å²) in [6.07, 6.45) is 10.3. The average Bonchev–Trinajstić information content (AvgIpc) is 2.38. The molecule has 19 heavy (non-hydrogen) atoms. The zero-order chi connectivity index (χ0) is 13.7. The summed E-state index contributed by atoms with van der Waals surface area (Å²) in [5.74, 6) is 0.939. The van der Waals surface area contributed by atoms with Crippen molar-refractivity contribution < 1.29 is 0 Å². The highest BCUT2D eigenvalue weighted by atomic mass is 14.7. The molecule has 2 rings (SSSR count). The minimum atomic E-state index is 0.0521. The van der Waals surface area contributed by atoms with E-state index in [1.54, 1.807) is 0 Å². The molecule has 0 heterocycles. The normalized spacial score (nSPS) is 27.4. The Balaban J connectivity index is 1.87. The summed E-state index contributed by atoms with van der Waals surface area (Å²) >= 11 is 0. The summed E-state index contributed by atoms with van der Waals surface area (Å²) in [7, 11) is 0. The van der Waals surface area contributed by atoms with E-state index < -0.39 is 0 Å². The smallest absolute Gasteiger partial charge is 0.0195 e. The molecule has 106 valence electrons. The molecule has 0 amide bonds. The number of nitrogens with two attached hydrogens (primary N) is 1. The first-order valence-electron chi connectivity index (χ1n) is 7.96. The fourth-order valence-corrected chi connectivity index (χ4v) is 3.44. The fraction of sp³-hybridized carbons (Fsp3) is 0.667. The molecule has 0 atom stereocenters. The van der Waals surface area contributed by atoms with Crippen LogP contribution in [0.25, 0.3) is 0 Å². The first-order valence-corrected chi connectivity index (χ1v) is 7.96. The fourth-order valence-electron chi connectivity index (χ4n) is 3.44. The van der Waals surface area contributed by atoms with Crippen LogP contribution >= 0.6 is 0 Å². The molecule has 1 nitrogen and oxygen atoms in total. The van der Waals surface area contributed by atoms with E-state index in [2.05, 4.69) is 38.1 Å². The SMILES string of the molecule is CCCCC1CCC(N)(Cc2cccc(C)c2)CC1. The predicted octanol–water partition coefficient (Wildman–Crippen LogP) is 4.62. The molecule has 0 radical (unpaired) electrons. The van der Waals surface area contributed by atoms with Crippen molar-refractivity contribution in [2.24, 2.45) is 11.7 Å². The molecular formula is C18H29N. The van der Waals surface area contributed by atoms with E-state index in [-0.39, 0.29) is 5.54 Å². The Morgan fingerprint density at radius 3 is 2.63 bits per heavy atom. The van der Waals surface area contributed by atoms with Gasteiger partial charge in [-0.3, -0.25) is 0 Å². The summed E-state index contributed by atoms with van der Waals surface area (Å²) in [6, 6.07) is 8.83. The molecular weight excluding hydrogens is 230 g/mol. The third-order valence-corrected chi connectivity index (χ3v) is 4.71. The molecule has 1 aromatic rings. The minimum absolute atomic E-state index is 0.0521. The molecule has 0 saturated heterocycles. The molecule has 0 aliphatic heterocycles. The van der Waals surface area contributed by atoms with E-state index in [1.807, 2.05) is 0 Å². The zero-order valence-corrected chi connectivity index (χ0v) is 12.6. The van der Waals surface area contributed by atoms with Crippen molar-refractivity contribution in [1.82, 2.24) is 0 Å². The molecule has 0 spiro atoms. The summed E-state index contributed by atoms with van der Waals surface area (Å²) < 4.78 is 0. The maximum atomic E-state index is 6.63. The highest BCUT2D eigenvalue weighted by Gasteiger charge is 2.31. The van der Waals surface area contributed by atoms with Crippen molar-refractivity contribution in [2.45, 2.75) is 70.8 Å². The van der Waals surface area contributed by atoms with Crippen molar-refractivity contribution in [3.63, 3.8) is 0 Å². The van der Waals surface area contributed by atoms with Crippen LogP contribution in [0.1, 0.15) is 63.0 Å². The lowest BCUT2D eigenvalue weighted by Gasteiger charge is -2.37. The largest absolute Gasteiger partial charge is 0.325 e. The third kappa shape index (κ3) is 4.35.